The third-order valence-electron chi connectivity index (χ3n) is 3.94. The van der Waals surface area contributed by atoms with Gasteiger partial charge in [-0.1, -0.05) is 23.4 Å². The van der Waals surface area contributed by atoms with Crippen molar-refractivity contribution in [3.05, 3.63) is 84.2 Å². The van der Waals surface area contributed by atoms with E-state index in [0.717, 1.165) is 12.1 Å². The van der Waals surface area contributed by atoms with E-state index in [1.54, 1.807) is 36.4 Å². The van der Waals surface area contributed by atoms with E-state index in [-0.39, 0.29) is 11.3 Å². The largest absolute Gasteiger partial charge is 0.461 e. The lowest BCUT2D eigenvalue weighted by Gasteiger charge is -2.11. The number of aromatic nitrogens is 2. The average Bonchev–Trinajstić information content (AvgIpc) is 3.35. The van der Waals surface area contributed by atoms with E-state index in [0.29, 0.717) is 28.7 Å². The summed E-state index contributed by atoms with van der Waals surface area (Å²) < 4.78 is 51.2. The average molecular weight is 399 g/mol. The molecule has 0 atom stereocenters. The van der Waals surface area contributed by atoms with Crippen LogP contribution in [0.25, 0.3) is 11.6 Å². The first-order valence-electron chi connectivity index (χ1n) is 8.24. The highest BCUT2D eigenvalue weighted by Gasteiger charge is 2.18. The number of anilines is 1. The summed E-state index contributed by atoms with van der Waals surface area (Å²) in [6.07, 6.45) is 1.72. The summed E-state index contributed by atoms with van der Waals surface area (Å²) >= 11 is 0. The van der Waals surface area contributed by atoms with Gasteiger partial charge < -0.3 is 8.94 Å². The Labute approximate surface area is 159 Å². The normalized spacial score (nSPS) is 11.5. The van der Waals surface area contributed by atoms with Gasteiger partial charge in [0, 0.05) is 0 Å². The highest BCUT2D eigenvalue weighted by atomic mass is 32.2. The molecule has 28 heavy (non-hydrogen) atoms. The molecule has 9 heteroatoms. The molecule has 0 radical (unpaired) electrons. The van der Waals surface area contributed by atoms with Crippen molar-refractivity contribution in [2.24, 2.45) is 0 Å². The van der Waals surface area contributed by atoms with E-state index in [4.69, 9.17) is 8.94 Å². The molecular weight excluding hydrogens is 385 g/mol. The maximum absolute atomic E-state index is 13.1. The molecule has 1 N–H and O–H groups in total. The van der Waals surface area contributed by atoms with Crippen molar-refractivity contribution in [3.63, 3.8) is 0 Å². The molecule has 7 nitrogen and oxygen atoms in total. The Morgan fingerprint density at radius 1 is 1.00 bits per heavy atom. The van der Waals surface area contributed by atoms with Crippen molar-refractivity contribution < 1.29 is 21.7 Å². The maximum Gasteiger partial charge on any atom is 0.261 e. The summed E-state index contributed by atoms with van der Waals surface area (Å²) in [5.41, 5.74) is 1.01. The number of rotatable bonds is 6. The first kappa shape index (κ1) is 17.9. The molecule has 0 unspecified atom stereocenters. The van der Waals surface area contributed by atoms with Crippen molar-refractivity contribution >= 4 is 15.7 Å². The standard InChI is InChI=1S/C19H14FN3O4S/c20-14-7-9-15(10-8-14)28(24,25)23-16-5-2-1-4-13(16)12-18-21-19(22-27-18)17-6-3-11-26-17/h1-11,23H,12H2. The second-order valence-corrected chi connectivity index (χ2v) is 7.56. The minimum absolute atomic E-state index is 0.0402. The molecule has 4 aromatic rings. The van der Waals surface area contributed by atoms with Gasteiger partial charge in [0.25, 0.3) is 10.0 Å². The Balaban J connectivity index is 1.58. The van der Waals surface area contributed by atoms with Crippen LogP contribution in [-0.2, 0) is 16.4 Å². The van der Waals surface area contributed by atoms with Crippen LogP contribution in [0.2, 0.25) is 0 Å². The molecule has 0 aliphatic rings. The van der Waals surface area contributed by atoms with Crippen LogP contribution in [0.5, 0.6) is 0 Å². The number of sulfonamides is 1. The van der Waals surface area contributed by atoms with Gasteiger partial charge in [-0.05, 0) is 48.0 Å². The summed E-state index contributed by atoms with van der Waals surface area (Å²) in [7, 11) is -3.87. The highest BCUT2D eigenvalue weighted by molar-refractivity contribution is 7.92. The third-order valence-corrected chi connectivity index (χ3v) is 5.32. The van der Waals surface area contributed by atoms with Crippen LogP contribution in [0.1, 0.15) is 11.5 Å². The Kier molecular flexibility index (Phi) is 4.66. The fraction of sp³-hybridized carbons (Fsp3) is 0.0526. The molecule has 142 valence electrons. The molecule has 0 amide bonds. The summed E-state index contributed by atoms with van der Waals surface area (Å²) in [5.74, 6) is 0.576. The SMILES string of the molecule is O=S(=O)(Nc1ccccc1Cc1nc(-c2ccco2)no1)c1ccc(F)cc1. The molecular formula is C19H14FN3O4S. The molecule has 2 aromatic carbocycles. The van der Waals surface area contributed by atoms with Crippen LogP contribution in [0.15, 0.2) is 80.8 Å². The van der Waals surface area contributed by atoms with Gasteiger partial charge in [-0.25, -0.2) is 12.8 Å². The van der Waals surface area contributed by atoms with E-state index >= 15 is 0 Å². The predicted molar refractivity (Wildman–Crippen MR) is 98.5 cm³/mol. The van der Waals surface area contributed by atoms with Gasteiger partial charge in [0.15, 0.2) is 5.76 Å². The number of furan rings is 1. The number of nitrogens with zero attached hydrogens (tertiary/aromatic N) is 2. The van der Waals surface area contributed by atoms with Gasteiger partial charge in [0.2, 0.25) is 11.7 Å². The zero-order valence-electron chi connectivity index (χ0n) is 14.4. The number of halogens is 1. The van der Waals surface area contributed by atoms with Gasteiger partial charge in [0.1, 0.15) is 5.82 Å². The quantitative estimate of drug-likeness (QED) is 0.529. The zero-order valence-corrected chi connectivity index (χ0v) is 15.2. The Bertz CT molecular complexity index is 1190. The summed E-state index contributed by atoms with van der Waals surface area (Å²) in [6, 6.07) is 14.9. The summed E-state index contributed by atoms with van der Waals surface area (Å²) in [4.78, 5) is 4.22. The molecule has 0 bridgehead atoms. The van der Waals surface area contributed by atoms with Crippen LogP contribution < -0.4 is 4.72 Å². The van der Waals surface area contributed by atoms with E-state index in [1.807, 2.05) is 0 Å². The minimum Gasteiger partial charge on any atom is -0.461 e. The van der Waals surface area contributed by atoms with E-state index < -0.39 is 15.8 Å². The molecule has 4 rings (SSSR count). The van der Waals surface area contributed by atoms with Crippen LogP contribution in [0.3, 0.4) is 0 Å². The molecule has 0 aliphatic heterocycles. The summed E-state index contributed by atoms with van der Waals surface area (Å²) in [6.45, 7) is 0. The van der Waals surface area contributed by atoms with Crippen molar-refractivity contribution in [1.29, 1.82) is 0 Å². The minimum atomic E-state index is -3.87. The van der Waals surface area contributed by atoms with Crippen LogP contribution >= 0.6 is 0 Å². The number of benzene rings is 2. The number of nitrogens with one attached hydrogen (secondary N) is 1. The molecule has 0 spiro atoms. The van der Waals surface area contributed by atoms with E-state index in [9.17, 15) is 12.8 Å². The van der Waals surface area contributed by atoms with E-state index in [1.165, 1.54) is 18.4 Å². The Hall–Kier alpha value is -3.46. The van der Waals surface area contributed by atoms with Crippen molar-refractivity contribution in [2.45, 2.75) is 11.3 Å². The van der Waals surface area contributed by atoms with Crippen LogP contribution in [0, 0.1) is 5.82 Å². The van der Waals surface area contributed by atoms with Gasteiger partial charge in [-0.15, -0.1) is 0 Å². The predicted octanol–water partition coefficient (Wildman–Crippen LogP) is 3.86. The second kappa shape index (κ2) is 7.28. The Morgan fingerprint density at radius 3 is 2.54 bits per heavy atom. The van der Waals surface area contributed by atoms with Gasteiger partial charge in [-0.2, -0.15) is 4.98 Å². The molecule has 0 saturated carbocycles. The fourth-order valence-electron chi connectivity index (χ4n) is 2.59. The molecule has 2 heterocycles. The van der Waals surface area contributed by atoms with Crippen LogP contribution in [-0.4, -0.2) is 18.6 Å². The molecule has 0 fully saturated rings. The number of hydrogen-bond acceptors (Lipinski definition) is 6. The van der Waals surface area contributed by atoms with Crippen molar-refractivity contribution in [1.82, 2.24) is 10.1 Å². The van der Waals surface area contributed by atoms with Gasteiger partial charge >= 0.3 is 0 Å². The second-order valence-electron chi connectivity index (χ2n) is 5.88. The Morgan fingerprint density at radius 2 is 1.79 bits per heavy atom. The summed E-state index contributed by atoms with van der Waals surface area (Å²) in [5, 5.41) is 3.86. The monoisotopic (exact) mass is 399 g/mol. The third kappa shape index (κ3) is 3.79. The highest BCUT2D eigenvalue weighted by Crippen LogP contribution is 2.23. The van der Waals surface area contributed by atoms with Gasteiger partial charge in [-0.3, -0.25) is 4.72 Å². The lowest BCUT2D eigenvalue weighted by Crippen LogP contribution is -2.14. The lowest BCUT2D eigenvalue weighted by molar-refractivity contribution is 0.384. The lowest BCUT2D eigenvalue weighted by atomic mass is 10.1. The first-order chi connectivity index (χ1) is 13.5. The van der Waals surface area contributed by atoms with Crippen molar-refractivity contribution in [2.75, 3.05) is 4.72 Å². The molecule has 0 saturated heterocycles. The van der Waals surface area contributed by atoms with E-state index in [2.05, 4.69) is 14.9 Å². The first-order valence-corrected chi connectivity index (χ1v) is 9.72. The van der Waals surface area contributed by atoms with Crippen molar-refractivity contribution in [3.8, 4) is 11.6 Å². The number of para-hydroxylation sites is 1. The smallest absolute Gasteiger partial charge is 0.261 e. The number of hydrogen-bond donors (Lipinski definition) is 1. The molecule has 2 aromatic heterocycles. The zero-order chi connectivity index (χ0) is 19.6. The molecule has 0 aliphatic carbocycles. The fourth-order valence-corrected chi connectivity index (χ4v) is 3.69. The van der Waals surface area contributed by atoms with Gasteiger partial charge in [0.05, 0.1) is 23.3 Å². The topological polar surface area (TPSA) is 98.2 Å². The van der Waals surface area contributed by atoms with Crippen LogP contribution in [0.4, 0.5) is 10.1 Å². The maximum atomic E-state index is 13.1.